The van der Waals surface area contributed by atoms with E-state index in [2.05, 4.69) is 31.7 Å². The van der Waals surface area contributed by atoms with Gasteiger partial charge in [0.1, 0.15) is 0 Å². The van der Waals surface area contributed by atoms with Gasteiger partial charge in [0.05, 0.1) is 12.4 Å². The number of allylic oxidation sites excluding steroid dienone is 2. The van der Waals surface area contributed by atoms with Gasteiger partial charge in [0.25, 0.3) is 0 Å². The first-order valence-electron chi connectivity index (χ1n) is 6.76. The predicted molar refractivity (Wildman–Crippen MR) is 71.6 cm³/mol. The van der Waals surface area contributed by atoms with Gasteiger partial charge in [0, 0.05) is 6.54 Å². The number of hydrogen-bond donors (Lipinski definition) is 0. The molecule has 96 valence electrons. The van der Waals surface area contributed by atoms with Crippen LogP contribution in [0.2, 0.25) is 0 Å². The van der Waals surface area contributed by atoms with Crippen molar-refractivity contribution in [2.24, 2.45) is 0 Å². The van der Waals surface area contributed by atoms with Crippen molar-refractivity contribution in [1.82, 2.24) is 4.90 Å². The second-order valence-electron chi connectivity index (χ2n) is 4.27. The van der Waals surface area contributed by atoms with Gasteiger partial charge < -0.3 is 9.64 Å². The van der Waals surface area contributed by atoms with Gasteiger partial charge >= 0.3 is 0 Å². The minimum Gasteiger partial charge on any atom is -0.499 e. The van der Waals surface area contributed by atoms with Gasteiger partial charge in [-0.1, -0.05) is 20.8 Å². The summed E-state index contributed by atoms with van der Waals surface area (Å²) in [5.74, 6) is 1.07. The van der Waals surface area contributed by atoms with Crippen molar-refractivity contribution in [1.29, 1.82) is 0 Å². The lowest BCUT2D eigenvalue weighted by molar-refractivity contribution is 0.182. The largest absolute Gasteiger partial charge is 0.499 e. The molecule has 0 rings (SSSR count). The topological polar surface area (TPSA) is 12.5 Å². The molecule has 0 aliphatic rings. The van der Waals surface area contributed by atoms with Gasteiger partial charge in [0.15, 0.2) is 0 Å². The Labute approximate surface area is 102 Å². The molecule has 2 nitrogen and oxygen atoms in total. The normalized spacial score (nSPS) is 12.2. The Bertz CT molecular complexity index is 172. The van der Waals surface area contributed by atoms with Crippen LogP contribution in [0.3, 0.4) is 0 Å². The molecule has 0 aromatic rings. The molecule has 0 fully saturated rings. The molecular formula is C14H29NO. The third-order valence-electron chi connectivity index (χ3n) is 2.52. The SMILES string of the molecule is CCC=C(C)OCCCN(CCC)CCC. The van der Waals surface area contributed by atoms with Gasteiger partial charge in [-0.2, -0.15) is 0 Å². The van der Waals surface area contributed by atoms with Gasteiger partial charge in [-0.25, -0.2) is 0 Å². The molecule has 0 unspecified atom stereocenters. The van der Waals surface area contributed by atoms with E-state index in [1.807, 2.05) is 6.92 Å². The Hall–Kier alpha value is -0.500. The maximum absolute atomic E-state index is 5.62. The van der Waals surface area contributed by atoms with Crippen LogP contribution in [0.4, 0.5) is 0 Å². The highest BCUT2D eigenvalue weighted by molar-refractivity contribution is 4.86. The second-order valence-corrected chi connectivity index (χ2v) is 4.27. The molecule has 0 N–H and O–H groups in total. The molecule has 0 aliphatic carbocycles. The first kappa shape index (κ1) is 15.5. The lowest BCUT2D eigenvalue weighted by Gasteiger charge is -2.20. The second kappa shape index (κ2) is 11.0. The van der Waals surface area contributed by atoms with E-state index in [4.69, 9.17) is 4.74 Å². The monoisotopic (exact) mass is 227 g/mol. The van der Waals surface area contributed by atoms with Gasteiger partial charge in [-0.05, 0) is 51.8 Å². The summed E-state index contributed by atoms with van der Waals surface area (Å²) < 4.78 is 5.62. The fourth-order valence-corrected chi connectivity index (χ4v) is 1.84. The van der Waals surface area contributed by atoms with Crippen molar-refractivity contribution in [3.05, 3.63) is 11.8 Å². The summed E-state index contributed by atoms with van der Waals surface area (Å²) in [6, 6.07) is 0. The quantitative estimate of drug-likeness (QED) is 0.415. The molecule has 0 amide bonds. The molecule has 16 heavy (non-hydrogen) atoms. The van der Waals surface area contributed by atoms with Crippen LogP contribution in [0.15, 0.2) is 11.8 Å². The van der Waals surface area contributed by atoms with E-state index in [1.165, 1.54) is 32.5 Å². The van der Waals surface area contributed by atoms with E-state index in [-0.39, 0.29) is 0 Å². The summed E-state index contributed by atoms with van der Waals surface area (Å²) in [4.78, 5) is 2.53. The molecule has 0 spiro atoms. The van der Waals surface area contributed by atoms with Crippen LogP contribution in [-0.4, -0.2) is 31.1 Å². The first-order chi connectivity index (χ1) is 7.74. The molecule has 0 aromatic heterocycles. The van der Waals surface area contributed by atoms with Crippen molar-refractivity contribution in [2.45, 2.75) is 53.4 Å². The Morgan fingerprint density at radius 3 is 2.19 bits per heavy atom. The minimum atomic E-state index is 0.853. The zero-order valence-corrected chi connectivity index (χ0v) is 11.6. The summed E-state index contributed by atoms with van der Waals surface area (Å²) in [6.45, 7) is 13.1. The smallest absolute Gasteiger partial charge is 0.0889 e. The van der Waals surface area contributed by atoms with Gasteiger partial charge in [-0.3, -0.25) is 0 Å². The number of ether oxygens (including phenoxy) is 1. The maximum Gasteiger partial charge on any atom is 0.0889 e. The molecule has 0 aliphatic heterocycles. The molecule has 0 saturated carbocycles. The van der Waals surface area contributed by atoms with Crippen LogP contribution in [0.25, 0.3) is 0 Å². The Morgan fingerprint density at radius 2 is 1.69 bits per heavy atom. The summed E-state index contributed by atoms with van der Waals surface area (Å²) in [5.41, 5.74) is 0. The van der Waals surface area contributed by atoms with E-state index < -0.39 is 0 Å². The number of rotatable bonds is 10. The Balaban J connectivity index is 3.57. The van der Waals surface area contributed by atoms with E-state index in [0.29, 0.717) is 0 Å². The highest BCUT2D eigenvalue weighted by Crippen LogP contribution is 2.01. The lowest BCUT2D eigenvalue weighted by Crippen LogP contribution is -2.27. The average molecular weight is 227 g/mol. The molecular weight excluding hydrogens is 198 g/mol. The van der Waals surface area contributed by atoms with Crippen molar-refractivity contribution in [3.63, 3.8) is 0 Å². The summed E-state index contributed by atoms with van der Waals surface area (Å²) in [7, 11) is 0. The van der Waals surface area contributed by atoms with Gasteiger partial charge in [-0.15, -0.1) is 0 Å². The maximum atomic E-state index is 5.62. The highest BCUT2D eigenvalue weighted by Gasteiger charge is 2.01. The third-order valence-corrected chi connectivity index (χ3v) is 2.52. The van der Waals surface area contributed by atoms with Crippen LogP contribution < -0.4 is 0 Å². The van der Waals surface area contributed by atoms with Crippen molar-refractivity contribution in [3.8, 4) is 0 Å². The number of nitrogens with zero attached hydrogens (tertiary/aromatic N) is 1. The van der Waals surface area contributed by atoms with E-state index in [0.717, 1.165) is 25.2 Å². The van der Waals surface area contributed by atoms with Crippen LogP contribution >= 0.6 is 0 Å². The van der Waals surface area contributed by atoms with Crippen molar-refractivity contribution < 1.29 is 4.74 Å². The summed E-state index contributed by atoms with van der Waals surface area (Å²) in [6.07, 6.45) is 6.82. The number of hydrogen-bond acceptors (Lipinski definition) is 2. The summed E-state index contributed by atoms with van der Waals surface area (Å²) in [5, 5.41) is 0. The standard InChI is InChI=1S/C14H29NO/c1-5-9-14(4)16-13-8-12-15(10-6-2)11-7-3/h9H,5-8,10-13H2,1-4H3. The zero-order chi connectivity index (χ0) is 12.2. The Kier molecular flexibility index (Phi) is 10.7. The van der Waals surface area contributed by atoms with Crippen LogP contribution in [-0.2, 0) is 4.74 Å². The fraction of sp³-hybridized carbons (Fsp3) is 0.857. The predicted octanol–water partition coefficient (Wildman–Crippen LogP) is 3.83. The van der Waals surface area contributed by atoms with Crippen LogP contribution in [0, 0.1) is 0 Å². The lowest BCUT2D eigenvalue weighted by atomic mass is 10.3. The summed E-state index contributed by atoms with van der Waals surface area (Å²) >= 11 is 0. The molecule has 0 bridgehead atoms. The Morgan fingerprint density at radius 1 is 1.06 bits per heavy atom. The zero-order valence-electron chi connectivity index (χ0n) is 11.6. The minimum absolute atomic E-state index is 0.853. The fourth-order valence-electron chi connectivity index (χ4n) is 1.84. The van der Waals surface area contributed by atoms with Crippen LogP contribution in [0.5, 0.6) is 0 Å². The average Bonchev–Trinajstić information content (AvgIpc) is 2.25. The van der Waals surface area contributed by atoms with E-state index in [9.17, 15) is 0 Å². The molecule has 0 atom stereocenters. The van der Waals surface area contributed by atoms with E-state index >= 15 is 0 Å². The molecule has 2 heteroatoms. The molecule has 0 heterocycles. The van der Waals surface area contributed by atoms with Crippen molar-refractivity contribution >= 4 is 0 Å². The highest BCUT2D eigenvalue weighted by atomic mass is 16.5. The first-order valence-corrected chi connectivity index (χ1v) is 6.76. The van der Waals surface area contributed by atoms with Crippen molar-refractivity contribution in [2.75, 3.05) is 26.2 Å². The third kappa shape index (κ3) is 8.78. The molecule has 0 radical (unpaired) electrons. The van der Waals surface area contributed by atoms with Gasteiger partial charge in [0.2, 0.25) is 0 Å². The van der Waals surface area contributed by atoms with Crippen LogP contribution in [0.1, 0.15) is 53.4 Å². The van der Waals surface area contributed by atoms with E-state index in [1.54, 1.807) is 0 Å². The molecule has 0 aromatic carbocycles. The molecule has 0 saturated heterocycles.